The number of anilines is 1. The van der Waals surface area contributed by atoms with Crippen LogP contribution >= 0.6 is 0 Å². The van der Waals surface area contributed by atoms with Crippen LogP contribution in [0, 0.1) is 5.92 Å². The highest BCUT2D eigenvalue weighted by Crippen LogP contribution is 2.25. The maximum Gasteiger partial charge on any atom is 0.218 e. The predicted molar refractivity (Wildman–Crippen MR) is 60.3 cm³/mol. The molecule has 0 unspecified atom stereocenters. The average molecular weight is 208 g/mol. The summed E-state index contributed by atoms with van der Waals surface area (Å²) in [5.74, 6) is 2.22. The number of nitrogen functional groups attached to an aromatic ring is 1. The van der Waals surface area contributed by atoms with E-state index in [0.29, 0.717) is 5.95 Å². The zero-order valence-corrected chi connectivity index (χ0v) is 9.45. The van der Waals surface area contributed by atoms with E-state index in [4.69, 9.17) is 5.73 Å². The van der Waals surface area contributed by atoms with Crippen molar-refractivity contribution in [2.45, 2.75) is 44.9 Å². The van der Waals surface area contributed by atoms with Crippen LogP contribution in [0.25, 0.3) is 0 Å². The molecule has 0 radical (unpaired) electrons. The van der Waals surface area contributed by atoms with Crippen molar-refractivity contribution in [2.75, 3.05) is 5.73 Å². The number of hydrogen-bond donors (Lipinski definition) is 1. The normalized spacial score (nSPS) is 19.0. The molecule has 1 saturated carbocycles. The third-order valence-electron chi connectivity index (χ3n) is 3.29. The van der Waals surface area contributed by atoms with E-state index < -0.39 is 0 Å². The first-order chi connectivity index (χ1) is 7.25. The maximum absolute atomic E-state index is 5.67. The lowest BCUT2D eigenvalue weighted by Gasteiger charge is -2.10. The highest BCUT2D eigenvalue weighted by Gasteiger charge is 2.15. The first-order valence-electron chi connectivity index (χ1n) is 5.91. The van der Waals surface area contributed by atoms with E-state index in [0.717, 1.165) is 18.2 Å². The van der Waals surface area contributed by atoms with Crippen LogP contribution in [0.5, 0.6) is 0 Å². The Morgan fingerprint density at radius 1 is 1.27 bits per heavy atom. The Balaban J connectivity index is 1.95. The van der Waals surface area contributed by atoms with E-state index in [1.165, 1.54) is 38.5 Å². The van der Waals surface area contributed by atoms with Gasteiger partial charge < -0.3 is 5.73 Å². The summed E-state index contributed by atoms with van der Waals surface area (Å²) >= 11 is 0. The van der Waals surface area contributed by atoms with Crippen LogP contribution < -0.4 is 5.73 Å². The number of hydrogen-bond acceptors (Lipinski definition) is 3. The molecule has 1 aromatic rings. The standard InChI is InChI=1S/C11H20N4/c1-15-11(12)13-10(14-15)8-9-6-4-2-3-5-7-9/h9H,2-8H2,1H3,(H2,12,13,14). The molecule has 0 spiro atoms. The lowest BCUT2D eigenvalue weighted by molar-refractivity contribution is 0.447. The number of aryl methyl sites for hydroxylation is 1. The second-order valence-electron chi connectivity index (χ2n) is 4.57. The minimum Gasteiger partial charge on any atom is -0.368 e. The Labute approximate surface area is 90.9 Å². The second kappa shape index (κ2) is 4.64. The smallest absolute Gasteiger partial charge is 0.218 e. The maximum atomic E-state index is 5.67. The molecule has 0 aliphatic heterocycles. The molecular weight excluding hydrogens is 188 g/mol. The predicted octanol–water partition coefficient (Wildman–Crippen LogP) is 1.91. The molecule has 2 rings (SSSR count). The molecule has 1 aliphatic rings. The first-order valence-corrected chi connectivity index (χ1v) is 5.91. The van der Waals surface area contributed by atoms with E-state index in [9.17, 15) is 0 Å². The van der Waals surface area contributed by atoms with Crippen molar-refractivity contribution in [1.82, 2.24) is 14.8 Å². The molecule has 4 nitrogen and oxygen atoms in total. The molecule has 2 N–H and O–H groups in total. The second-order valence-corrected chi connectivity index (χ2v) is 4.57. The van der Waals surface area contributed by atoms with Gasteiger partial charge >= 0.3 is 0 Å². The van der Waals surface area contributed by atoms with Gasteiger partial charge in [-0.1, -0.05) is 38.5 Å². The van der Waals surface area contributed by atoms with E-state index in [2.05, 4.69) is 10.1 Å². The summed E-state index contributed by atoms with van der Waals surface area (Å²) < 4.78 is 1.66. The Morgan fingerprint density at radius 3 is 2.47 bits per heavy atom. The van der Waals surface area contributed by atoms with E-state index in [1.807, 2.05) is 7.05 Å². The van der Waals surface area contributed by atoms with Gasteiger partial charge in [0.2, 0.25) is 5.95 Å². The Hall–Kier alpha value is -1.06. The monoisotopic (exact) mass is 208 g/mol. The van der Waals surface area contributed by atoms with Crippen molar-refractivity contribution >= 4 is 5.95 Å². The molecule has 84 valence electrons. The molecule has 0 bridgehead atoms. The Kier molecular flexibility index (Phi) is 3.23. The molecule has 4 heteroatoms. The number of rotatable bonds is 2. The number of aromatic nitrogens is 3. The van der Waals surface area contributed by atoms with Gasteiger partial charge in [-0.15, -0.1) is 0 Å². The van der Waals surface area contributed by atoms with E-state index in [1.54, 1.807) is 4.68 Å². The van der Waals surface area contributed by atoms with Gasteiger partial charge in [-0.2, -0.15) is 10.1 Å². The third kappa shape index (κ3) is 2.70. The molecule has 1 aromatic heterocycles. The first kappa shape index (κ1) is 10.5. The minimum atomic E-state index is 0.527. The van der Waals surface area contributed by atoms with Crippen LogP contribution in [0.2, 0.25) is 0 Å². The number of nitrogens with two attached hydrogens (primary N) is 1. The van der Waals surface area contributed by atoms with Gasteiger partial charge in [-0.05, 0) is 5.92 Å². The fourth-order valence-electron chi connectivity index (χ4n) is 2.36. The van der Waals surface area contributed by atoms with Crippen LogP contribution in [-0.4, -0.2) is 14.8 Å². The summed E-state index contributed by atoms with van der Waals surface area (Å²) in [7, 11) is 1.85. The van der Waals surface area contributed by atoms with Crippen molar-refractivity contribution in [3.8, 4) is 0 Å². The zero-order chi connectivity index (χ0) is 10.7. The third-order valence-corrected chi connectivity index (χ3v) is 3.29. The van der Waals surface area contributed by atoms with E-state index in [-0.39, 0.29) is 0 Å². The molecule has 0 aromatic carbocycles. The fourth-order valence-corrected chi connectivity index (χ4v) is 2.36. The van der Waals surface area contributed by atoms with Crippen LogP contribution in [-0.2, 0) is 13.5 Å². The molecule has 0 atom stereocenters. The highest BCUT2D eigenvalue weighted by atomic mass is 15.4. The largest absolute Gasteiger partial charge is 0.368 e. The van der Waals surface area contributed by atoms with Gasteiger partial charge in [0.25, 0.3) is 0 Å². The average Bonchev–Trinajstić information content (AvgIpc) is 2.45. The molecular formula is C11H20N4. The summed E-state index contributed by atoms with van der Waals surface area (Å²) in [6, 6.07) is 0. The van der Waals surface area contributed by atoms with Crippen molar-refractivity contribution < 1.29 is 0 Å². The number of nitrogens with zero attached hydrogens (tertiary/aromatic N) is 3. The van der Waals surface area contributed by atoms with Crippen molar-refractivity contribution in [3.63, 3.8) is 0 Å². The van der Waals surface area contributed by atoms with Gasteiger partial charge in [0.15, 0.2) is 5.82 Å². The lowest BCUT2D eigenvalue weighted by atomic mass is 9.96. The van der Waals surface area contributed by atoms with Crippen LogP contribution in [0.15, 0.2) is 0 Å². The fraction of sp³-hybridized carbons (Fsp3) is 0.818. The van der Waals surface area contributed by atoms with Crippen LogP contribution in [0.1, 0.15) is 44.3 Å². The SMILES string of the molecule is Cn1nc(CC2CCCCCC2)nc1N. The molecule has 1 fully saturated rings. The van der Waals surface area contributed by atoms with E-state index >= 15 is 0 Å². The molecule has 0 amide bonds. The van der Waals surface area contributed by atoms with Crippen molar-refractivity contribution in [2.24, 2.45) is 13.0 Å². The summed E-state index contributed by atoms with van der Waals surface area (Å²) in [6.07, 6.45) is 9.20. The summed E-state index contributed by atoms with van der Waals surface area (Å²) in [5.41, 5.74) is 5.67. The van der Waals surface area contributed by atoms with Crippen LogP contribution in [0.4, 0.5) is 5.95 Å². The highest BCUT2D eigenvalue weighted by molar-refractivity contribution is 5.15. The minimum absolute atomic E-state index is 0.527. The lowest BCUT2D eigenvalue weighted by Crippen LogP contribution is -2.05. The zero-order valence-electron chi connectivity index (χ0n) is 9.45. The quantitative estimate of drug-likeness (QED) is 0.755. The Bertz CT molecular complexity index is 291. The van der Waals surface area contributed by atoms with Gasteiger partial charge in [0, 0.05) is 13.5 Å². The van der Waals surface area contributed by atoms with Gasteiger partial charge in [0.05, 0.1) is 0 Å². The topological polar surface area (TPSA) is 56.7 Å². The summed E-state index contributed by atoms with van der Waals surface area (Å²) in [4.78, 5) is 4.26. The Morgan fingerprint density at radius 2 is 1.93 bits per heavy atom. The van der Waals surface area contributed by atoms with Gasteiger partial charge in [-0.25, -0.2) is 4.68 Å². The summed E-state index contributed by atoms with van der Waals surface area (Å²) in [5, 5.41) is 4.32. The molecule has 15 heavy (non-hydrogen) atoms. The van der Waals surface area contributed by atoms with Crippen molar-refractivity contribution in [3.05, 3.63) is 5.82 Å². The van der Waals surface area contributed by atoms with Crippen molar-refractivity contribution in [1.29, 1.82) is 0 Å². The molecule has 1 aliphatic carbocycles. The molecule has 0 saturated heterocycles. The van der Waals surface area contributed by atoms with Gasteiger partial charge in [-0.3, -0.25) is 0 Å². The van der Waals surface area contributed by atoms with Crippen LogP contribution in [0.3, 0.4) is 0 Å². The molecule has 1 heterocycles. The summed E-state index contributed by atoms with van der Waals surface area (Å²) in [6.45, 7) is 0. The van der Waals surface area contributed by atoms with Gasteiger partial charge in [0.1, 0.15) is 0 Å².